The van der Waals surface area contributed by atoms with Crippen molar-refractivity contribution >= 4 is 23.2 Å². The molecule has 5 heteroatoms. The number of amides is 1. The maximum absolute atomic E-state index is 11.5. The number of esters is 1. The van der Waals surface area contributed by atoms with Gasteiger partial charge in [0.25, 0.3) is 5.91 Å². The first-order valence-electron chi connectivity index (χ1n) is 4.61. The van der Waals surface area contributed by atoms with Crippen molar-refractivity contribution in [3.05, 3.63) is 21.9 Å². The largest absolute Gasteiger partial charge is 0.468 e. The van der Waals surface area contributed by atoms with Gasteiger partial charge in [-0.1, -0.05) is 6.92 Å². The van der Waals surface area contributed by atoms with Crippen LogP contribution in [0.15, 0.2) is 12.1 Å². The third-order valence-electron chi connectivity index (χ3n) is 1.85. The van der Waals surface area contributed by atoms with E-state index in [1.54, 1.807) is 6.07 Å². The highest BCUT2D eigenvalue weighted by Gasteiger charge is 2.09. The van der Waals surface area contributed by atoms with Crippen molar-refractivity contribution in [2.24, 2.45) is 0 Å². The molecule has 0 aromatic carbocycles. The van der Waals surface area contributed by atoms with Gasteiger partial charge >= 0.3 is 5.97 Å². The van der Waals surface area contributed by atoms with Gasteiger partial charge in [-0.25, -0.2) is 0 Å². The number of carbonyl (C=O) groups is 2. The highest BCUT2D eigenvalue weighted by molar-refractivity contribution is 7.14. The van der Waals surface area contributed by atoms with Gasteiger partial charge in [0.15, 0.2) is 0 Å². The average Bonchev–Trinajstić information content (AvgIpc) is 2.73. The van der Waals surface area contributed by atoms with Gasteiger partial charge < -0.3 is 10.1 Å². The molecule has 0 saturated heterocycles. The van der Waals surface area contributed by atoms with Crippen LogP contribution in [0.25, 0.3) is 0 Å². The van der Waals surface area contributed by atoms with Crippen LogP contribution < -0.4 is 5.32 Å². The molecule has 0 bridgehead atoms. The molecule has 1 N–H and O–H groups in total. The van der Waals surface area contributed by atoms with Crippen LogP contribution in [0.5, 0.6) is 0 Å². The normalized spacial score (nSPS) is 9.73. The van der Waals surface area contributed by atoms with Gasteiger partial charge in [-0.15, -0.1) is 11.3 Å². The van der Waals surface area contributed by atoms with Crippen molar-refractivity contribution in [1.82, 2.24) is 5.32 Å². The number of nitrogens with one attached hydrogen (secondary N) is 1. The Balaban J connectivity index is 2.50. The second-order valence-corrected chi connectivity index (χ2v) is 4.05. The van der Waals surface area contributed by atoms with Gasteiger partial charge in [0.1, 0.15) is 6.54 Å². The van der Waals surface area contributed by atoms with Crippen molar-refractivity contribution in [3.8, 4) is 0 Å². The summed E-state index contributed by atoms with van der Waals surface area (Å²) in [6.45, 7) is 1.94. The molecule has 1 rings (SSSR count). The number of hydrogen-bond donors (Lipinski definition) is 1. The SMILES string of the molecule is CCc1ccc(C(=O)NCC(=O)OC)s1. The van der Waals surface area contributed by atoms with Gasteiger partial charge in [-0.05, 0) is 18.6 Å². The fraction of sp³-hybridized carbons (Fsp3) is 0.400. The predicted octanol–water partition coefficient (Wildman–Crippen LogP) is 1.21. The van der Waals surface area contributed by atoms with E-state index < -0.39 is 5.97 Å². The molecule has 0 fully saturated rings. The summed E-state index contributed by atoms with van der Waals surface area (Å²) in [5.41, 5.74) is 0. The van der Waals surface area contributed by atoms with Crippen LogP contribution >= 0.6 is 11.3 Å². The Morgan fingerprint density at radius 3 is 2.73 bits per heavy atom. The second-order valence-electron chi connectivity index (χ2n) is 2.88. The lowest BCUT2D eigenvalue weighted by Gasteiger charge is -2.00. The van der Waals surface area contributed by atoms with E-state index in [2.05, 4.69) is 10.1 Å². The standard InChI is InChI=1S/C10H13NO3S/c1-3-7-4-5-8(15-7)10(13)11-6-9(12)14-2/h4-5H,3,6H2,1-2H3,(H,11,13). The van der Waals surface area contributed by atoms with Gasteiger partial charge in [0.05, 0.1) is 12.0 Å². The van der Waals surface area contributed by atoms with Crippen molar-refractivity contribution in [1.29, 1.82) is 0 Å². The smallest absolute Gasteiger partial charge is 0.325 e. The maximum atomic E-state index is 11.5. The molecule has 15 heavy (non-hydrogen) atoms. The van der Waals surface area contributed by atoms with Crippen molar-refractivity contribution in [2.75, 3.05) is 13.7 Å². The first-order chi connectivity index (χ1) is 7.17. The highest BCUT2D eigenvalue weighted by atomic mass is 32.1. The Morgan fingerprint density at radius 1 is 1.47 bits per heavy atom. The summed E-state index contributed by atoms with van der Waals surface area (Å²) in [6, 6.07) is 3.67. The molecular formula is C10H13NO3S. The van der Waals surface area contributed by atoms with Crippen LogP contribution in [0.3, 0.4) is 0 Å². The lowest BCUT2D eigenvalue weighted by atomic mass is 10.3. The number of hydrogen-bond acceptors (Lipinski definition) is 4. The highest BCUT2D eigenvalue weighted by Crippen LogP contribution is 2.16. The van der Waals surface area contributed by atoms with Crippen LogP contribution in [0.2, 0.25) is 0 Å². The lowest BCUT2D eigenvalue weighted by Crippen LogP contribution is -2.29. The van der Waals surface area contributed by atoms with Crippen LogP contribution in [0.1, 0.15) is 21.5 Å². The molecule has 0 aliphatic heterocycles. The summed E-state index contributed by atoms with van der Waals surface area (Å²) in [5, 5.41) is 2.48. The topological polar surface area (TPSA) is 55.4 Å². The minimum atomic E-state index is -0.448. The monoisotopic (exact) mass is 227 g/mol. The van der Waals surface area contributed by atoms with Crippen molar-refractivity contribution in [2.45, 2.75) is 13.3 Å². The molecule has 1 heterocycles. The molecule has 4 nitrogen and oxygen atoms in total. The third kappa shape index (κ3) is 3.36. The molecule has 1 amide bonds. The number of carbonyl (C=O) groups excluding carboxylic acids is 2. The summed E-state index contributed by atoms with van der Waals surface area (Å²) < 4.78 is 4.41. The van der Waals surface area contributed by atoms with E-state index in [9.17, 15) is 9.59 Å². The van der Waals surface area contributed by atoms with Crippen LogP contribution in [0.4, 0.5) is 0 Å². The zero-order valence-corrected chi connectivity index (χ0v) is 9.52. The van der Waals surface area contributed by atoms with E-state index in [0.29, 0.717) is 4.88 Å². The van der Waals surface area contributed by atoms with Crippen LogP contribution in [0, 0.1) is 0 Å². The van der Waals surface area contributed by atoms with Crippen molar-refractivity contribution < 1.29 is 14.3 Å². The summed E-state index contributed by atoms with van der Waals surface area (Å²) in [6.07, 6.45) is 0.912. The molecule has 0 atom stereocenters. The minimum Gasteiger partial charge on any atom is -0.468 e. The first kappa shape index (κ1) is 11.7. The molecule has 1 aromatic rings. The van der Waals surface area contributed by atoms with E-state index in [4.69, 9.17) is 0 Å². The summed E-state index contributed by atoms with van der Waals surface area (Å²) in [7, 11) is 1.29. The molecule has 82 valence electrons. The summed E-state index contributed by atoms with van der Waals surface area (Å²) in [5.74, 6) is -0.680. The Hall–Kier alpha value is -1.36. The zero-order valence-electron chi connectivity index (χ0n) is 8.70. The number of ether oxygens (including phenoxy) is 1. The molecule has 0 unspecified atom stereocenters. The summed E-state index contributed by atoms with van der Waals surface area (Å²) in [4.78, 5) is 24.0. The van der Waals surface area contributed by atoms with Crippen molar-refractivity contribution in [3.63, 3.8) is 0 Å². The molecule has 1 aromatic heterocycles. The van der Waals surface area contributed by atoms with Gasteiger partial charge in [0.2, 0.25) is 0 Å². The zero-order chi connectivity index (χ0) is 11.3. The van der Waals surface area contributed by atoms with Gasteiger partial charge in [-0.3, -0.25) is 9.59 Å². The van der Waals surface area contributed by atoms with Crippen LogP contribution in [-0.2, 0) is 16.0 Å². The van der Waals surface area contributed by atoms with E-state index in [-0.39, 0.29) is 12.5 Å². The number of thiophene rings is 1. The third-order valence-corrected chi connectivity index (χ3v) is 3.08. The Bertz CT molecular complexity index is 359. The molecule has 0 aliphatic carbocycles. The summed E-state index contributed by atoms with van der Waals surface area (Å²) >= 11 is 1.44. The fourth-order valence-electron chi connectivity index (χ4n) is 1.00. The fourth-order valence-corrected chi connectivity index (χ4v) is 1.87. The Kier molecular flexibility index (Phi) is 4.30. The van der Waals surface area contributed by atoms with E-state index in [1.165, 1.54) is 18.4 Å². The number of rotatable bonds is 4. The Labute approximate surface area is 92.2 Å². The van der Waals surface area contributed by atoms with E-state index in [1.807, 2.05) is 13.0 Å². The number of aryl methyl sites for hydroxylation is 1. The number of methoxy groups -OCH3 is 1. The quantitative estimate of drug-likeness (QED) is 0.787. The van der Waals surface area contributed by atoms with Crippen LogP contribution in [-0.4, -0.2) is 25.5 Å². The molecule has 0 spiro atoms. The maximum Gasteiger partial charge on any atom is 0.325 e. The molecule has 0 aliphatic rings. The van der Waals surface area contributed by atoms with Gasteiger partial charge in [0, 0.05) is 4.88 Å². The molecular weight excluding hydrogens is 214 g/mol. The van der Waals surface area contributed by atoms with E-state index in [0.717, 1.165) is 11.3 Å². The molecule has 0 radical (unpaired) electrons. The minimum absolute atomic E-state index is 0.0886. The van der Waals surface area contributed by atoms with E-state index >= 15 is 0 Å². The Morgan fingerprint density at radius 2 is 2.20 bits per heavy atom. The first-order valence-corrected chi connectivity index (χ1v) is 5.42. The average molecular weight is 227 g/mol. The van der Waals surface area contributed by atoms with Gasteiger partial charge in [-0.2, -0.15) is 0 Å². The lowest BCUT2D eigenvalue weighted by molar-refractivity contribution is -0.139. The second kappa shape index (κ2) is 5.50. The molecule has 0 saturated carbocycles. The predicted molar refractivity (Wildman–Crippen MR) is 58.0 cm³/mol.